The first-order valence-electron chi connectivity index (χ1n) is 11.2. The van der Waals surface area contributed by atoms with Crippen molar-refractivity contribution in [3.05, 3.63) is 16.3 Å². The molecule has 5 nitrogen and oxygen atoms in total. The van der Waals surface area contributed by atoms with E-state index in [9.17, 15) is 4.79 Å². The van der Waals surface area contributed by atoms with Crippen molar-refractivity contribution in [3.8, 4) is 0 Å². The topological polar surface area (TPSA) is 49.3 Å². The summed E-state index contributed by atoms with van der Waals surface area (Å²) in [7, 11) is 0. The zero-order valence-electron chi connectivity index (χ0n) is 18.4. The highest BCUT2D eigenvalue weighted by Gasteiger charge is 2.31. The van der Waals surface area contributed by atoms with E-state index in [1.165, 1.54) is 39.9 Å². The number of amides is 1. The summed E-state index contributed by atoms with van der Waals surface area (Å²) in [5.74, 6) is 2.37. The van der Waals surface area contributed by atoms with E-state index in [1.54, 1.807) is 0 Å². The van der Waals surface area contributed by atoms with E-state index in [-0.39, 0.29) is 11.3 Å². The molecule has 3 heterocycles. The van der Waals surface area contributed by atoms with Crippen LogP contribution in [0.4, 0.5) is 5.82 Å². The van der Waals surface area contributed by atoms with Crippen molar-refractivity contribution in [1.29, 1.82) is 0 Å². The molecule has 2 aromatic heterocycles. The zero-order valence-corrected chi connectivity index (χ0v) is 19.2. The van der Waals surface area contributed by atoms with Crippen LogP contribution < -0.4 is 4.90 Å². The van der Waals surface area contributed by atoms with Crippen LogP contribution in [0.15, 0.2) is 0 Å². The molecule has 158 valence electrons. The predicted octanol–water partition coefficient (Wildman–Crippen LogP) is 4.61. The Morgan fingerprint density at radius 1 is 1.07 bits per heavy atom. The summed E-state index contributed by atoms with van der Waals surface area (Å²) in [6, 6.07) is 0. The first-order chi connectivity index (χ1) is 13.9. The van der Waals surface area contributed by atoms with Crippen LogP contribution in [0.3, 0.4) is 0 Å². The average Bonchev–Trinajstić information content (AvgIpc) is 3.09. The van der Waals surface area contributed by atoms with Gasteiger partial charge in [0, 0.05) is 42.9 Å². The van der Waals surface area contributed by atoms with E-state index in [0.717, 1.165) is 63.5 Å². The number of aryl methyl sites for hydroxylation is 3. The largest absolute Gasteiger partial charge is 0.352 e. The molecule has 1 fully saturated rings. The Hall–Kier alpha value is -1.69. The molecule has 0 unspecified atom stereocenters. The molecule has 1 saturated heterocycles. The van der Waals surface area contributed by atoms with Crippen LogP contribution >= 0.6 is 11.3 Å². The summed E-state index contributed by atoms with van der Waals surface area (Å²) >= 11 is 1.89. The Labute approximate surface area is 178 Å². The maximum atomic E-state index is 12.7. The maximum absolute atomic E-state index is 12.7. The van der Waals surface area contributed by atoms with Gasteiger partial charge in [0.05, 0.1) is 5.39 Å². The standard InChI is InChI=1S/C23H34N4OS/c1-5-6-11-18-24-20(19-16-9-7-8-10-17(16)29-21(19)25-18)26-12-14-27(15-13-26)22(28)23(2,3)4/h5-15H2,1-4H3. The summed E-state index contributed by atoms with van der Waals surface area (Å²) in [6.45, 7) is 11.5. The molecule has 2 aromatic rings. The van der Waals surface area contributed by atoms with Gasteiger partial charge < -0.3 is 9.80 Å². The number of rotatable bonds is 4. The molecule has 0 aromatic carbocycles. The van der Waals surface area contributed by atoms with E-state index >= 15 is 0 Å². The van der Waals surface area contributed by atoms with Crippen molar-refractivity contribution >= 4 is 33.3 Å². The fourth-order valence-corrected chi connectivity index (χ4v) is 5.73. The summed E-state index contributed by atoms with van der Waals surface area (Å²) in [4.78, 5) is 29.9. The Balaban J connectivity index is 1.65. The molecule has 1 amide bonds. The van der Waals surface area contributed by atoms with Crippen molar-refractivity contribution in [3.63, 3.8) is 0 Å². The molecule has 0 spiro atoms. The van der Waals surface area contributed by atoms with Gasteiger partial charge in [-0.1, -0.05) is 34.1 Å². The molecule has 6 heteroatoms. The highest BCUT2D eigenvalue weighted by Crippen LogP contribution is 2.40. The van der Waals surface area contributed by atoms with E-state index < -0.39 is 0 Å². The van der Waals surface area contributed by atoms with Gasteiger partial charge in [0.25, 0.3) is 0 Å². The van der Waals surface area contributed by atoms with E-state index in [1.807, 2.05) is 37.0 Å². The van der Waals surface area contributed by atoms with Crippen LogP contribution in [0, 0.1) is 5.41 Å². The van der Waals surface area contributed by atoms with E-state index in [0.29, 0.717) is 0 Å². The summed E-state index contributed by atoms with van der Waals surface area (Å²) in [5, 5.41) is 1.31. The fraction of sp³-hybridized carbons (Fsp3) is 0.696. The van der Waals surface area contributed by atoms with Crippen molar-refractivity contribution in [2.24, 2.45) is 5.41 Å². The molecule has 0 saturated carbocycles. The second kappa shape index (κ2) is 8.21. The number of carbonyl (C=O) groups excluding carboxylic acids is 1. The Morgan fingerprint density at radius 3 is 2.48 bits per heavy atom. The second-order valence-corrected chi connectivity index (χ2v) is 10.6. The lowest BCUT2D eigenvalue weighted by atomic mass is 9.94. The quantitative estimate of drug-likeness (QED) is 0.733. The van der Waals surface area contributed by atoms with Crippen molar-refractivity contribution < 1.29 is 4.79 Å². The third kappa shape index (κ3) is 4.14. The molecule has 0 N–H and O–H groups in total. The highest BCUT2D eigenvalue weighted by atomic mass is 32.1. The number of hydrogen-bond acceptors (Lipinski definition) is 5. The third-order valence-electron chi connectivity index (χ3n) is 6.10. The van der Waals surface area contributed by atoms with Gasteiger partial charge in [0.1, 0.15) is 16.5 Å². The molecule has 1 aliphatic carbocycles. The van der Waals surface area contributed by atoms with Gasteiger partial charge >= 0.3 is 0 Å². The lowest BCUT2D eigenvalue weighted by Crippen LogP contribution is -2.52. The molecule has 0 bridgehead atoms. The molecule has 2 aliphatic rings. The minimum Gasteiger partial charge on any atom is -0.352 e. The summed E-state index contributed by atoms with van der Waals surface area (Å²) in [5.41, 5.74) is 1.19. The van der Waals surface area contributed by atoms with Gasteiger partial charge in [0.2, 0.25) is 5.91 Å². The van der Waals surface area contributed by atoms with Crippen LogP contribution in [0.25, 0.3) is 10.2 Å². The number of fused-ring (bicyclic) bond motifs is 3. The fourth-order valence-electron chi connectivity index (χ4n) is 4.45. The highest BCUT2D eigenvalue weighted by molar-refractivity contribution is 7.19. The molecule has 0 atom stereocenters. The summed E-state index contributed by atoms with van der Waals surface area (Å²) in [6.07, 6.45) is 8.14. The number of aromatic nitrogens is 2. The lowest BCUT2D eigenvalue weighted by molar-refractivity contribution is -0.139. The lowest BCUT2D eigenvalue weighted by Gasteiger charge is -2.38. The van der Waals surface area contributed by atoms with Crippen molar-refractivity contribution in [2.45, 2.75) is 72.6 Å². The molecule has 1 aliphatic heterocycles. The zero-order chi connectivity index (χ0) is 20.6. The number of unbranched alkanes of at least 4 members (excludes halogenated alkanes) is 1. The normalized spacial score (nSPS) is 17.7. The van der Waals surface area contributed by atoms with Gasteiger partial charge in [-0.3, -0.25) is 4.79 Å². The number of thiophene rings is 1. The van der Waals surface area contributed by atoms with Crippen molar-refractivity contribution in [1.82, 2.24) is 14.9 Å². The third-order valence-corrected chi connectivity index (χ3v) is 7.29. The number of carbonyl (C=O) groups is 1. The number of hydrogen-bond donors (Lipinski definition) is 0. The average molecular weight is 415 g/mol. The monoisotopic (exact) mass is 414 g/mol. The van der Waals surface area contributed by atoms with Gasteiger partial charge in [-0.2, -0.15) is 0 Å². The Morgan fingerprint density at radius 2 is 1.79 bits per heavy atom. The van der Waals surface area contributed by atoms with Crippen LogP contribution in [0.2, 0.25) is 0 Å². The van der Waals surface area contributed by atoms with Crippen LogP contribution in [-0.2, 0) is 24.1 Å². The van der Waals surface area contributed by atoms with E-state index in [2.05, 4.69) is 11.8 Å². The van der Waals surface area contributed by atoms with Crippen LogP contribution in [-0.4, -0.2) is 47.0 Å². The minimum absolute atomic E-state index is 0.251. The van der Waals surface area contributed by atoms with Crippen LogP contribution in [0.1, 0.15) is 69.6 Å². The van der Waals surface area contributed by atoms with Gasteiger partial charge in [0.15, 0.2) is 0 Å². The second-order valence-electron chi connectivity index (χ2n) is 9.49. The number of nitrogens with zero attached hydrogens (tertiary/aromatic N) is 4. The predicted molar refractivity (Wildman–Crippen MR) is 121 cm³/mol. The smallest absolute Gasteiger partial charge is 0.228 e. The first-order valence-corrected chi connectivity index (χ1v) is 12.1. The van der Waals surface area contributed by atoms with Gasteiger partial charge in [-0.05, 0) is 37.7 Å². The van der Waals surface area contributed by atoms with Crippen LogP contribution in [0.5, 0.6) is 0 Å². The molecule has 29 heavy (non-hydrogen) atoms. The molecular formula is C23H34N4OS. The SMILES string of the molecule is CCCCc1nc(N2CCN(C(=O)C(C)(C)C)CC2)c2c3c(sc2n1)CCCC3. The number of anilines is 1. The maximum Gasteiger partial charge on any atom is 0.228 e. The molecule has 0 radical (unpaired) electrons. The van der Waals surface area contributed by atoms with E-state index in [4.69, 9.17) is 9.97 Å². The Kier molecular flexibility index (Phi) is 5.83. The van der Waals surface area contributed by atoms with Gasteiger partial charge in [-0.15, -0.1) is 11.3 Å². The molecular weight excluding hydrogens is 380 g/mol. The van der Waals surface area contributed by atoms with Gasteiger partial charge in [-0.25, -0.2) is 9.97 Å². The van der Waals surface area contributed by atoms with Crippen molar-refractivity contribution in [2.75, 3.05) is 31.1 Å². The summed E-state index contributed by atoms with van der Waals surface area (Å²) < 4.78 is 0. The number of piperazine rings is 1. The Bertz CT molecular complexity index is 890. The minimum atomic E-state index is -0.315. The first kappa shape index (κ1) is 20.6. The molecule has 4 rings (SSSR count).